The maximum Gasteiger partial charge on any atom is 0.0852 e. The molecule has 3 nitrogen and oxygen atoms in total. The summed E-state index contributed by atoms with van der Waals surface area (Å²) in [5.74, 6) is 0.0127. The fourth-order valence-corrected chi connectivity index (χ4v) is 1.34. The van der Waals surface area contributed by atoms with Crippen molar-refractivity contribution in [1.82, 2.24) is 0 Å². The fraction of sp³-hybridized carbons (Fsp3) is 0.875. The number of rotatable bonds is 1. The van der Waals surface area contributed by atoms with Gasteiger partial charge in [-0.25, -0.2) is 0 Å². The van der Waals surface area contributed by atoms with E-state index in [1.165, 1.54) is 0 Å². The Morgan fingerprint density at radius 1 is 1.73 bits per heavy atom. The molecule has 0 spiro atoms. The Morgan fingerprint density at radius 2 is 2.36 bits per heavy atom. The molecule has 1 saturated heterocycles. The van der Waals surface area contributed by atoms with E-state index in [2.05, 4.69) is 0 Å². The lowest BCUT2D eigenvalue weighted by Gasteiger charge is -2.35. The Labute approximate surface area is 66.9 Å². The molecule has 2 N–H and O–H groups in total. The van der Waals surface area contributed by atoms with Gasteiger partial charge in [0, 0.05) is 11.6 Å². The Morgan fingerprint density at radius 3 is 2.82 bits per heavy atom. The van der Waals surface area contributed by atoms with Crippen LogP contribution in [0.5, 0.6) is 0 Å². The Bertz CT molecular complexity index is 165. The zero-order chi connectivity index (χ0) is 8.48. The van der Waals surface area contributed by atoms with Crippen LogP contribution in [0.1, 0.15) is 20.3 Å². The van der Waals surface area contributed by atoms with Crippen molar-refractivity contribution in [1.29, 1.82) is 5.41 Å². The number of nitrogens with one attached hydrogen (secondary N) is 1. The number of ether oxygens (including phenoxy) is 1. The van der Waals surface area contributed by atoms with Gasteiger partial charge < -0.3 is 15.3 Å². The molecule has 0 bridgehead atoms. The van der Waals surface area contributed by atoms with Crippen LogP contribution in [-0.4, -0.2) is 29.6 Å². The van der Waals surface area contributed by atoms with Gasteiger partial charge in [-0.2, -0.15) is 0 Å². The molecule has 0 saturated carbocycles. The summed E-state index contributed by atoms with van der Waals surface area (Å²) >= 11 is 0. The molecule has 1 atom stereocenters. The lowest BCUT2D eigenvalue weighted by Crippen LogP contribution is -2.41. The third kappa shape index (κ3) is 2.01. The molecule has 64 valence electrons. The zero-order valence-electron chi connectivity index (χ0n) is 7.05. The van der Waals surface area contributed by atoms with E-state index in [0.717, 1.165) is 6.42 Å². The summed E-state index contributed by atoms with van der Waals surface area (Å²) in [6.07, 6.45) is 0.752. The van der Waals surface area contributed by atoms with Gasteiger partial charge in [0.2, 0.25) is 0 Å². The number of aliphatic hydroxyl groups excluding tert-OH is 1. The summed E-state index contributed by atoms with van der Waals surface area (Å²) in [5, 5.41) is 16.3. The van der Waals surface area contributed by atoms with E-state index in [4.69, 9.17) is 15.3 Å². The van der Waals surface area contributed by atoms with E-state index in [-0.39, 0.29) is 18.1 Å². The van der Waals surface area contributed by atoms with Crippen LogP contribution in [0.25, 0.3) is 0 Å². The first-order valence-electron chi connectivity index (χ1n) is 3.87. The minimum atomic E-state index is -0.169. The van der Waals surface area contributed by atoms with Crippen LogP contribution in [0, 0.1) is 11.3 Å². The molecule has 0 aromatic rings. The summed E-state index contributed by atoms with van der Waals surface area (Å²) in [7, 11) is 0. The first-order chi connectivity index (χ1) is 5.05. The van der Waals surface area contributed by atoms with Gasteiger partial charge in [-0.05, 0) is 20.3 Å². The van der Waals surface area contributed by atoms with Crippen LogP contribution in [0.4, 0.5) is 0 Å². The van der Waals surface area contributed by atoms with Crippen molar-refractivity contribution >= 4 is 5.71 Å². The molecule has 1 aliphatic heterocycles. The summed E-state index contributed by atoms with van der Waals surface area (Å²) in [4.78, 5) is 0. The van der Waals surface area contributed by atoms with E-state index in [1.807, 2.05) is 13.8 Å². The van der Waals surface area contributed by atoms with Crippen molar-refractivity contribution in [3.63, 3.8) is 0 Å². The minimum Gasteiger partial charge on any atom is -0.396 e. The molecule has 0 aromatic carbocycles. The van der Waals surface area contributed by atoms with Gasteiger partial charge in [-0.3, -0.25) is 0 Å². The van der Waals surface area contributed by atoms with Gasteiger partial charge in [0.25, 0.3) is 0 Å². The second-order valence-corrected chi connectivity index (χ2v) is 3.66. The topological polar surface area (TPSA) is 53.3 Å². The second-order valence-electron chi connectivity index (χ2n) is 3.66. The van der Waals surface area contributed by atoms with Gasteiger partial charge in [-0.15, -0.1) is 0 Å². The van der Waals surface area contributed by atoms with Crippen LogP contribution in [-0.2, 0) is 4.74 Å². The molecule has 11 heavy (non-hydrogen) atoms. The first kappa shape index (κ1) is 8.68. The van der Waals surface area contributed by atoms with E-state index in [9.17, 15) is 0 Å². The standard InChI is InChI=1S/C8H15NO2/c1-8(2)3-6(4-10)7(9)5-11-8/h6,9-10H,3-5H2,1-2H3. The molecule has 1 heterocycles. The Balaban J connectivity index is 2.58. The van der Waals surface area contributed by atoms with Gasteiger partial charge in [0.05, 0.1) is 18.8 Å². The van der Waals surface area contributed by atoms with Crippen LogP contribution in [0.2, 0.25) is 0 Å². The normalized spacial score (nSPS) is 30.5. The van der Waals surface area contributed by atoms with Crippen molar-refractivity contribution in [2.75, 3.05) is 13.2 Å². The largest absolute Gasteiger partial charge is 0.396 e. The van der Waals surface area contributed by atoms with Crippen molar-refractivity contribution in [3.8, 4) is 0 Å². The Hall–Kier alpha value is -0.410. The predicted octanol–water partition coefficient (Wildman–Crippen LogP) is 0.814. The summed E-state index contributed by atoms with van der Waals surface area (Å²) < 4.78 is 5.37. The quantitative estimate of drug-likeness (QED) is 0.592. The lowest BCUT2D eigenvalue weighted by molar-refractivity contribution is -0.0318. The van der Waals surface area contributed by atoms with Crippen LogP contribution in [0.15, 0.2) is 0 Å². The fourth-order valence-electron chi connectivity index (χ4n) is 1.34. The average molecular weight is 157 g/mol. The van der Waals surface area contributed by atoms with Crippen molar-refractivity contribution in [3.05, 3.63) is 0 Å². The molecule has 1 aliphatic rings. The van der Waals surface area contributed by atoms with Gasteiger partial charge >= 0.3 is 0 Å². The Kier molecular flexibility index (Phi) is 2.30. The summed E-state index contributed by atoms with van der Waals surface area (Å²) in [6, 6.07) is 0. The third-order valence-corrected chi connectivity index (χ3v) is 2.07. The van der Waals surface area contributed by atoms with Gasteiger partial charge in [0.1, 0.15) is 0 Å². The van der Waals surface area contributed by atoms with E-state index in [1.54, 1.807) is 0 Å². The average Bonchev–Trinajstić information content (AvgIpc) is 1.94. The van der Waals surface area contributed by atoms with Gasteiger partial charge in [-0.1, -0.05) is 0 Å². The highest BCUT2D eigenvalue weighted by atomic mass is 16.5. The molecule has 3 heteroatoms. The lowest BCUT2D eigenvalue weighted by atomic mass is 9.88. The molecule has 1 rings (SSSR count). The minimum absolute atomic E-state index is 0.0127. The summed E-state index contributed by atoms with van der Waals surface area (Å²) in [5.41, 5.74) is 0.352. The van der Waals surface area contributed by atoms with Crippen molar-refractivity contribution in [2.45, 2.75) is 25.9 Å². The first-order valence-corrected chi connectivity index (χ1v) is 3.87. The molecule has 1 fully saturated rings. The molecule has 0 amide bonds. The maximum atomic E-state index is 8.90. The maximum absolute atomic E-state index is 8.90. The molecular formula is C8H15NO2. The second kappa shape index (κ2) is 2.91. The van der Waals surface area contributed by atoms with E-state index < -0.39 is 0 Å². The highest BCUT2D eigenvalue weighted by Crippen LogP contribution is 2.25. The number of hydrogen-bond acceptors (Lipinski definition) is 3. The highest BCUT2D eigenvalue weighted by molar-refractivity contribution is 5.85. The monoisotopic (exact) mass is 157 g/mol. The zero-order valence-corrected chi connectivity index (χ0v) is 7.05. The van der Waals surface area contributed by atoms with Crippen LogP contribution in [0.3, 0.4) is 0 Å². The van der Waals surface area contributed by atoms with E-state index >= 15 is 0 Å². The van der Waals surface area contributed by atoms with Crippen molar-refractivity contribution < 1.29 is 9.84 Å². The molecule has 0 radical (unpaired) electrons. The SMILES string of the molecule is CC1(C)CC(CO)C(=N)CO1. The van der Waals surface area contributed by atoms with Crippen LogP contribution < -0.4 is 0 Å². The smallest absolute Gasteiger partial charge is 0.0852 e. The summed E-state index contributed by atoms with van der Waals surface area (Å²) in [6.45, 7) is 4.42. The molecule has 0 aromatic heterocycles. The van der Waals surface area contributed by atoms with E-state index in [0.29, 0.717) is 12.3 Å². The van der Waals surface area contributed by atoms with Crippen molar-refractivity contribution in [2.24, 2.45) is 5.92 Å². The molecular weight excluding hydrogens is 142 g/mol. The number of aliphatic hydroxyl groups is 1. The molecule has 0 aliphatic carbocycles. The van der Waals surface area contributed by atoms with Crippen LogP contribution >= 0.6 is 0 Å². The van der Waals surface area contributed by atoms with Gasteiger partial charge in [0.15, 0.2) is 0 Å². The molecule has 1 unspecified atom stereocenters. The predicted molar refractivity (Wildman–Crippen MR) is 43.0 cm³/mol. The third-order valence-electron chi connectivity index (χ3n) is 2.07. The number of hydrogen-bond donors (Lipinski definition) is 2. The highest BCUT2D eigenvalue weighted by Gasteiger charge is 2.31.